The molecule has 0 atom stereocenters. The first-order valence-electron chi connectivity index (χ1n) is 4.64. The molecule has 0 bridgehead atoms. The second-order valence-electron chi connectivity index (χ2n) is 3.26. The standard InChI is InChI=1S/C9H5F3N4O2/c10-9(11,12)7-8(16(17)18)15(14-13-7)6-4-2-1-3-5-6/h1-5H. The van der Waals surface area contributed by atoms with Gasteiger partial charge >= 0.3 is 12.0 Å². The highest BCUT2D eigenvalue weighted by molar-refractivity contribution is 5.40. The van der Waals surface area contributed by atoms with Crippen LogP contribution in [0.25, 0.3) is 5.69 Å². The van der Waals surface area contributed by atoms with Crippen molar-refractivity contribution in [2.75, 3.05) is 0 Å². The van der Waals surface area contributed by atoms with E-state index in [1.165, 1.54) is 24.3 Å². The summed E-state index contributed by atoms with van der Waals surface area (Å²) in [6.45, 7) is 0. The van der Waals surface area contributed by atoms with Gasteiger partial charge in [0.2, 0.25) is 0 Å². The molecule has 1 aromatic carbocycles. The average Bonchev–Trinajstić information content (AvgIpc) is 2.74. The topological polar surface area (TPSA) is 73.8 Å². The lowest BCUT2D eigenvalue weighted by atomic mass is 10.3. The first-order chi connectivity index (χ1) is 8.41. The smallest absolute Gasteiger partial charge is 0.358 e. The molecular formula is C9H5F3N4O2. The summed E-state index contributed by atoms with van der Waals surface area (Å²) in [6, 6.07) is 7.45. The molecule has 0 saturated carbocycles. The van der Waals surface area contributed by atoms with Crippen molar-refractivity contribution in [2.45, 2.75) is 6.18 Å². The van der Waals surface area contributed by atoms with Gasteiger partial charge in [-0.1, -0.05) is 28.0 Å². The number of hydrogen-bond acceptors (Lipinski definition) is 4. The van der Waals surface area contributed by atoms with Crippen LogP contribution in [-0.2, 0) is 6.18 Å². The van der Waals surface area contributed by atoms with Crippen LogP contribution < -0.4 is 0 Å². The van der Waals surface area contributed by atoms with Crippen LogP contribution in [-0.4, -0.2) is 19.9 Å². The molecule has 9 heteroatoms. The molecule has 0 spiro atoms. The molecule has 0 N–H and O–H groups in total. The van der Waals surface area contributed by atoms with Gasteiger partial charge in [-0.3, -0.25) is 0 Å². The third kappa shape index (κ3) is 2.01. The zero-order valence-corrected chi connectivity index (χ0v) is 8.63. The molecule has 0 aliphatic heterocycles. The summed E-state index contributed by atoms with van der Waals surface area (Å²) in [5.41, 5.74) is -1.48. The summed E-state index contributed by atoms with van der Waals surface area (Å²) in [7, 11) is 0. The lowest BCUT2D eigenvalue weighted by Crippen LogP contribution is -2.10. The molecule has 2 rings (SSSR count). The Bertz CT molecular complexity index is 579. The minimum Gasteiger partial charge on any atom is -0.358 e. The van der Waals surface area contributed by atoms with E-state index in [0.29, 0.717) is 4.68 Å². The van der Waals surface area contributed by atoms with E-state index in [1.54, 1.807) is 6.07 Å². The molecule has 0 aliphatic carbocycles. The summed E-state index contributed by atoms with van der Waals surface area (Å²) in [5.74, 6) is -1.20. The monoisotopic (exact) mass is 258 g/mol. The Labute approximate surface area is 97.8 Å². The SMILES string of the molecule is O=[N+]([O-])c1c(C(F)(F)F)nnn1-c1ccccc1. The number of para-hydroxylation sites is 1. The minimum atomic E-state index is -4.92. The normalized spacial score (nSPS) is 11.5. The summed E-state index contributed by atoms with van der Waals surface area (Å²) in [5, 5.41) is 16.7. The Morgan fingerprint density at radius 2 is 1.83 bits per heavy atom. The van der Waals surface area contributed by atoms with E-state index in [4.69, 9.17) is 0 Å². The molecule has 2 aromatic rings. The number of alkyl halides is 3. The van der Waals surface area contributed by atoms with Crippen molar-refractivity contribution in [1.82, 2.24) is 15.0 Å². The van der Waals surface area contributed by atoms with Crippen LogP contribution in [0.5, 0.6) is 0 Å². The van der Waals surface area contributed by atoms with E-state index < -0.39 is 22.6 Å². The quantitative estimate of drug-likeness (QED) is 0.611. The van der Waals surface area contributed by atoms with Crippen molar-refractivity contribution in [3.8, 4) is 5.69 Å². The van der Waals surface area contributed by atoms with Crippen LogP contribution in [0.4, 0.5) is 19.0 Å². The lowest BCUT2D eigenvalue weighted by molar-refractivity contribution is -0.394. The first kappa shape index (κ1) is 12.0. The van der Waals surface area contributed by atoms with Crippen molar-refractivity contribution < 1.29 is 18.1 Å². The molecule has 0 aliphatic rings. The fraction of sp³-hybridized carbons (Fsp3) is 0.111. The van der Waals surface area contributed by atoms with E-state index in [-0.39, 0.29) is 5.69 Å². The highest BCUT2D eigenvalue weighted by atomic mass is 19.4. The first-order valence-corrected chi connectivity index (χ1v) is 4.64. The van der Waals surface area contributed by atoms with Crippen molar-refractivity contribution >= 4 is 5.82 Å². The summed E-state index contributed by atoms with van der Waals surface area (Å²) >= 11 is 0. The highest BCUT2D eigenvalue weighted by Crippen LogP contribution is 2.34. The third-order valence-corrected chi connectivity index (χ3v) is 2.09. The average molecular weight is 258 g/mol. The maximum Gasteiger partial charge on any atom is 0.443 e. The molecule has 0 amide bonds. The van der Waals surface area contributed by atoms with Crippen molar-refractivity contribution in [3.05, 3.63) is 46.1 Å². The van der Waals surface area contributed by atoms with Gasteiger partial charge in [0.25, 0.3) is 5.69 Å². The van der Waals surface area contributed by atoms with Gasteiger partial charge in [-0.25, -0.2) is 0 Å². The highest BCUT2D eigenvalue weighted by Gasteiger charge is 2.44. The molecule has 1 heterocycles. The largest absolute Gasteiger partial charge is 0.443 e. The Kier molecular flexibility index (Phi) is 2.73. The lowest BCUT2D eigenvalue weighted by Gasteiger charge is -2.02. The number of rotatable bonds is 2. The zero-order chi connectivity index (χ0) is 13.3. The van der Waals surface area contributed by atoms with Crippen LogP contribution in [0, 0.1) is 10.1 Å². The van der Waals surface area contributed by atoms with E-state index >= 15 is 0 Å². The molecule has 0 fully saturated rings. The maximum atomic E-state index is 12.5. The summed E-state index contributed by atoms with van der Waals surface area (Å²) in [6.07, 6.45) is -4.92. The number of halogens is 3. The molecular weight excluding hydrogens is 253 g/mol. The molecule has 0 radical (unpaired) electrons. The van der Waals surface area contributed by atoms with Gasteiger partial charge in [0.15, 0.2) is 5.69 Å². The Hall–Kier alpha value is -2.45. The van der Waals surface area contributed by atoms with Gasteiger partial charge in [-0.15, -0.1) is 0 Å². The van der Waals surface area contributed by atoms with E-state index in [1.807, 2.05) is 0 Å². The number of nitro groups is 1. The Morgan fingerprint density at radius 1 is 1.22 bits per heavy atom. The minimum absolute atomic E-state index is 0.132. The van der Waals surface area contributed by atoms with Crippen LogP contribution in [0.2, 0.25) is 0 Å². The Balaban J connectivity index is 2.64. The molecule has 0 saturated heterocycles. The van der Waals surface area contributed by atoms with Crippen LogP contribution >= 0.6 is 0 Å². The van der Waals surface area contributed by atoms with Crippen LogP contribution in [0.15, 0.2) is 30.3 Å². The second-order valence-corrected chi connectivity index (χ2v) is 3.26. The van der Waals surface area contributed by atoms with Crippen molar-refractivity contribution in [1.29, 1.82) is 0 Å². The van der Waals surface area contributed by atoms with Gasteiger partial charge in [0.1, 0.15) is 0 Å². The van der Waals surface area contributed by atoms with E-state index in [0.717, 1.165) is 0 Å². The van der Waals surface area contributed by atoms with E-state index in [2.05, 4.69) is 10.3 Å². The van der Waals surface area contributed by atoms with Gasteiger partial charge in [-0.2, -0.15) is 13.2 Å². The number of hydrogen-bond donors (Lipinski definition) is 0. The Morgan fingerprint density at radius 3 is 2.33 bits per heavy atom. The van der Waals surface area contributed by atoms with Gasteiger partial charge < -0.3 is 10.1 Å². The zero-order valence-electron chi connectivity index (χ0n) is 8.63. The fourth-order valence-electron chi connectivity index (χ4n) is 1.37. The second kappa shape index (κ2) is 4.09. The fourth-order valence-corrected chi connectivity index (χ4v) is 1.37. The van der Waals surface area contributed by atoms with E-state index in [9.17, 15) is 23.3 Å². The van der Waals surface area contributed by atoms with Crippen LogP contribution in [0.3, 0.4) is 0 Å². The maximum absolute atomic E-state index is 12.5. The summed E-state index contributed by atoms with van der Waals surface area (Å²) in [4.78, 5) is 9.57. The summed E-state index contributed by atoms with van der Waals surface area (Å²) < 4.78 is 38.1. The molecule has 94 valence electrons. The van der Waals surface area contributed by atoms with Crippen LogP contribution in [0.1, 0.15) is 5.69 Å². The molecule has 6 nitrogen and oxygen atoms in total. The predicted octanol–water partition coefficient (Wildman–Crippen LogP) is 2.19. The molecule has 1 aromatic heterocycles. The number of aromatic nitrogens is 3. The van der Waals surface area contributed by atoms with Gasteiger partial charge in [-0.05, 0) is 17.1 Å². The molecule has 18 heavy (non-hydrogen) atoms. The third-order valence-electron chi connectivity index (χ3n) is 2.09. The van der Waals surface area contributed by atoms with Gasteiger partial charge in [0, 0.05) is 5.21 Å². The van der Waals surface area contributed by atoms with Crippen molar-refractivity contribution in [3.63, 3.8) is 0 Å². The number of nitrogens with zero attached hydrogens (tertiary/aromatic N) is 4. The van der Waals surface area contributed by atoms with Gasteiger partial charge in [0.05, 0.1) is 0 Å². The molecule has 0 unspecified atom stereocenters. The van der Waals surface area contributed by atoms with Crippen molar-refractivity contribution in [2.24, 2.45) is 0 Å². The predicted molar refractivity (Wildman–Crippen MR) is 53.0 cm³/mol. The number of benzene rings is 1.